The maximum atomic E-state index is 14.1. The lowest BCUT2D eigenvalue weighted by molar-refractivity contribution is -0.111. The Kier molecular flexibility index (Phi) is 9.99. The molecule has 2 N–H and O–H groups in total. The monoisotopic (exact) mass is 500 g/mol. The fourth-order valence-corrected chi connectivity index (χ4v) is 3.33. The number of nitrogens with zero attached hydrogens (tertiary/aromatic N) is 1. The third-order valence-electron chi connectivity index (χ3n) is 5.00. The molecular weight excluding hydrogens is 473 g/mol. The topological polar surface area (TPSA) is 119 Å². The third kappa shape index (κ3) is 6.47. The van der Waals surface area contributed by atoms with Crippen molar-refractivity contribution in [3.05, 3.63) is 62.8 Å². The molecule has 192 valence electrons. The van der Waals surface area contributed by atoms with Crippen LogP contribution < -0.4 is 15.9 Å². The molecule has 0 radical (unpaired) electrons. The van der Waals surface area contributed by atoms with E-state index in [4.69, 9.17) is 24.7 Å². The lowest BCUT2D eigenvalue weighted by atomic mass is 9.97. The third-order valence-corrected chi connectivity index (χ3v) is 5.00. The summed E-state index contributed by atoms with van der Waals surface area (Å²) in [7, 11) is 2.69. The lowest BCUT2D eigenvalue weighted by Crippen LogP contribution is -2.38. The fraction of sp³-hybridized carbons (Fsp3) is 0.435. The number of carbonyl (C=O) groups excluding carboxylic acids is 2. The summed E-state index contributed by atoms with van der Waals surface area (Å²) in [6, 6.07) is -0.659. The van der Waals surface area contributed by atoms with Gasteiger partial charge in [-0.05, 0) is 13.8 Å². The van der Waals surface area contributed by atoms with E-state index < -0.39 is 70.3 Å². The van der Waals surface area contributed by atoms with E-state index in [0.717, 1.165) is 6.20 Å². The summed E-state index contributed by atoms with van der Waals surface area (Å²) in [6.45, 7) is 2.94. The van der Waals surface area contributed by atoms with Crippen LogP contribution in [-0.2, 0) is 27.2 Å². The Bertz CT molecular complexity index is 1110. The van der Waals surface area contributed by atoms with Crippen molar-refractivity contribution in [2.75, 3.05) is 27.4 Å². The molecule has 1 aromatic carbocycles. The molecule has 1 heterocycles. The normalized spacial score (nSPS) is 12.0. The summed E-state index contributed by atoms with van der Waals surface area (Å²) in [4.78, 5) is 38.9. The molecule has 2 aromatic rings. The van der Waals surface area contributed by atoms with Gasteiger partial charge in [0.1, 0.15) is 17.5 Å². The van der Waals surface area contributed by atoms with Gasteiger partial charge in [0.2, 0.25) is 5.43 Å². The Labute approximate surface area is 199 Å². The molecule has 1 atom stereocenters. The Balaban J connectivity index is 2.62. The van der Waals surface area contributed by atoms with Crippen LogP contribution in [0.2, 0.25) is 0 Å². The van der Waals surface area contributed by atoms with E-state index in [1.807, 2.05) is 0 Å². The summed E-state index contributed by atoms with van der Waals surface area (Å²) in [5.74, 6) is -5.91. The van der Waals surface area contributed by atoms with Crippen molar-refractivity contribution < 1.29 is 41.7 Å². The number of pyridine rings is 1. The maximum absolute atomic E-state index is 14.1. The number of ether oxygens (including phenoxy) is 4. The summed E-state index contributed by atoms with van der Waals surface area (Å²) in [5, 5.41) is 0. The number of methoxy groups -OCH3 is 2. The zero-order valence-electron chi connectivity index (χ0n) is 19.7. The van der Waals surface area contributed by atoms with Gasteiger partial charge in [0.15, 0.2) is 23.5 Å². The van der Waals surface area contributed by atoms with E-state index in [1.54, 1.807) is 13.8 Å². The van der Waals surface area contributed by atoms with Crippen LogP contribution in [0.1, 0.15) is 40.3 Å². The van der Waals surface area contributed by atoms with Gasteiger partial charge in [-0.15, -0.1) is 0 Å². The quantitative estimate of drug-likeness (QED) is 0.268. The van der Waals surface area contributed by atoms with Crippen LogP contribution in [0.25, 0.3) is 0 Å². The molecule has 9 nitrogen and oxygen atoms in total. The Morgan fingerprint density at radius 1 is 1.06 bits per heavy atom. The number of Topliss-reactive ketones (excluding diaryl/α,β-unsaturated/α-hetero) is 1. The molecule has 12 heteroatoms. The zero-order valence-corrected chi connectivity index (χ0v) is 19.7. The summed E-state index contributed by atoms with van der Waals surface area (Å²) in [5.41, 5.74) is 3.54. The minimum atomic E-state index is -1.57. The van der Waals surface area contributed by atoms with Gasteiger partial charge >= 0.3 is 5.97 Å². The van der Waals surface area contributed by atoms with Crippen molar-refractivity contribution in [3.8, 4) is 5.75 Å². The van der Waals surface area contributed by atoms with Crippen molar-refractivity contribution in [3.63, 3.8) is 0 Å². The predicted molar refractivity (Wildman–Crippen MR) is 118 cm³/mol. The van der Waals surface area contributed by atoms with Gasteiger partial charge in [-0.3, -0.25) is 9.59 Å². The fourth-order valence-electron chi connectivity index (χ4n) is 3.33. The molecular formula is C23H27F3N2O7. The Morgan fingerprint density at radius 3 is 2.17 bits per heavy atom. The number of nitrogens with two attached hydrogens (primary N) is 1. The maximum Gasteiger partial charge on any atom is 0.359 e. The van der Waals surface area contributed by atoms with E-state index in [2.05, 4.69) is 0 Å². The van der Waals surface area contributed by atoms with Crippen LogP contribution >= 0.6 is 0 Å². The summed E-state index contributed by atoms with van der Waals surface area (Å²) >= 11 is 0. The number of esters is 1. The van der Waals surface area contributed by atoms with Crippen molar-refractivity contribution in [1.82, 2.24) is 4.57 Å². The molecule has 2 rings (SSSR count). The standard InChI is InChI=1S/C23H27F3N2O7/c1-5-34-22-19(23(31)35-6-2)28(11-18(32-3)33-4)10-14(21(22)30)20(29)17(27)9-13-15(25)7-12(24)8-16(13)26/h7-8,10,17-18H,5-6,9,11,27H2,1-4H3/t17-/m0/s1. The van der Waals surface area contributed by atoms with E-state index in [-0.39, 0.29) is 25.5 Å². The Morgan fingerprint density at radius 2 is 1.66 bits per heavy atom. The minimum Gasteiger partial charge on any atom is -0.488 e. The predicted octanol–water partition coefficient (Wildman–Crippen LogP) is 2.21. The van der Waals surface area contributed by atoms with Gasteiger partial charge < -0.3 is 29.2 Å². The first-order chi connectivity index (χ1) is 16.6. The highest BCUT2D eigenvalue weighted by molar-refractivity contribution is 6.01. The van der Waals surface area contributed by atoms with Crippen molar-refractivity contribution in [2.24, 2.45) is 5.73 Å². The van der Waals surface area contributed by atoms with E-state index in [9.17, 15) is 27.6 Å². The average Bonchev–Trinajstić information content (AvgIpc) is 2.81. The average molecular weight is 500 g/mol. The van der Waals surface area contributed by atoms with Crippen LogP contribution in [0.3, 0.4) is 0 Å². The first-order valence-corrected chi connectivity index (χ1v) is 10.7. The zero-order chi connectivity index (χ0) is 26.3. The van der Waals surface area contributed by atoms with Gasteiger partial charge in [0.25, 0.3) is 0 Å². The van der Waals surface area contributed by atoms with Crippen LogP contribution in [0.5, 0.6) is 5.75 Å². The molecule has 0 aliphatic carbocycles. The number of benzene rings is 1. The van der Waals surface area contributed by atoms with Crippen LogP contribution in [0.4, 0.5) is 13.2 Å². The SMILES string of the molecule is CCOC(=O)c1c(OCC)c(=O)c(C(=O)[C@@H](N)Cc2c(F)cc(F)cc2F)cn1CC(OC)OC. The molecule has 0 aliphatic heterocycles. The molecule has 0 spiro atoms. The van der Waals surface area contributed by atoms with Crippen LogP contribution in [0, 0.1) is 17.5 Å². The van der Waals surface area contributed by atoms with Gasteiger partial charge in [0, 0.05) is 44.5 Å². The highest BCUT2D eigenvalue weighted by Crippen LogP contribution is 2.21. The van der Waals surface area contributed by atoms with Crippen LogP contribution in [-0.4, -0.2) is 56.1 Å². The molecule has 0 aliphatic rings. The smallest absolute Gasteiger partial charge is 0.359 e. The van der Waals surface area contributed by atoms with E-state index >= 15 is 0 Å². The molecule has 35 heavy (non-hydrogen) atoms. The first kappa shape index (κ1) is 28.0. The molecule has 0 saturated heterocycles. The van der Waals surface area contributed by atoms with Gasteiger partial charge in [-0.25, -0.2) is 18.0 Å². The van der Waals surface area contributed by atoms with Gasteiger partial charge in [0.05, 0.1) is 31.4 Å². The van der Waals surface area contributed by atoms with Gasteiger partial charge in [-0.2, -0.15) is 0 Å². The van der Waals surface area contributed by atoms with Gasteiger partial charge in [-0.1, -0.05) is 0 Å². The molecule has 1 aromatic heterocycles. The second kappa shape index (κ2) is 12.5. The molecule has 0 bridgehead atoms. The number of ketones is 1. The highest BCUT2D eigenvalue weighted by Gasteiger charge is 2.30. The van der Waals surface area contributed by atoms with E-state index in [0.29, 0.717) is 12.1 Å². The summed E-state index contributed by atoms with van der Waals surface area (Å²) in [6.07, 6.45) is -0.487. The van der Waals surface area contributed by atoms with E-state index in [1.165, 1.54) is 18.8 Å². The summed E-state index contributed by atoms with van der Waals surface area (Å²) < 4.78 is 63.3. The number of hydrogen-bond donors (Lipinski definition) is 1. The highest BCUT2D eigenvalue weighted by atomic mass is 19.1. The Hall–Kier alpha value is -3.22. The number of carbonyl (C=O) groups is 2. The minimum absolute atomic E-state index is 0.00305. The second-order valence-electron chi connectivity index (χ2n) is 7.28. The van der Waals surface area contributed by atoms with Crippen molar-refractivity contribution in [2.45, 2.75) is 39.1 Å². The lowest BCUT2D eigenvalue weighted by Gasteiger charge is -2.22. The van der Waals surface area contributed by atoms with Crippen molar-refractivity contribution >= 4 is 11.8 Å². The van der Waals surface area contributed by atoms with Crippen LogP contribution in [0.15, 0.2) is 23.1 Å². The second-order valence-corrected chi connectivity index (χ2v) is 7.28. The number of hydrogen-bond acceptors (Lipinski definition) is 8. The molecule has 0 saturated carbocycles. The molecule has 0 unspecified atom stereocenters. The number of rotatable bonds is 12. The number of halogens is 3. The van der Waals surface area contributed by atoms with Crippen molar-refractivity contribution in [1.29, 1.82) is 0 Å². The number of aromatic nitrogens is 1. The largest absolute Gasteiger partial charge is 0.488 e. The molecule has 0 amide bonds. The first-order valence-electron chi connectivity index (χ1n) is 10.7. The molecule has 0 fully saturated rings.